The highest BCUT2D eigenvalue weighted by atomic mass is 35.5. The first-order chi connectivity index (χ1) is 7.23. The summed E-state index contributed by atoms with van der Waals surface area (Å²) in [5, 5.41) is 0. The highest BCUT2D eigenvalue weighted by Crippen LogP contribution is 2.63. The first-order valence-electron chi connectivity index (χ1n) is 5.52. The van der Waals surface area contributed by atoms with Crippen LogP contribution in [-0.4, -0.2) is 30.6 Å². The summed E-state index contributed by atoms with van der Waals surface area (Å²) in [6, 6.07) is 0. The largest absolute Gasteiger partial charge is 0.673 e. The summed E-state index contributed by atoms with van der Waals surface area (Å²) in [6.07, 6.45) is 8.76. The fourth-order valence-corrected chi connectivity index (χ4v) is 7.93. The van der Waals surface area contributed by atoms with Gasteiger partial charge in [0.25, 0.3) is 0 Å². The van der Waals surface area contributed by atoms with Gasteiger partial charge in [-0.05, 0) is 49.6 Å². The first-order valence-corrected chi connectivity index (χ1v) is 7.80. The second kappa shape index (κ2) is 4.31. The molecule has 4 aliphatic rings. The van der Waals surface area contributed by atoms with Gasteiger partial charge in [-0.25, -0.2) is 0 Å². The Labute approximate surface area is 99.0 Å². The molecule has 2 atom stereocenters. The molecule has 0 spiro atoms. The average Bonchev–Trinajstić information content (AvgIpc) is 1.93. The third kappa shape index (κ3) is 3.50. The zero-order valence-electron chi connectivity index (χ0n) is 8.81. The normalized spacial score (nSPS) is 45.2. The Morgan fingerprint density at radius 3 is 1.81 bits per heavy atom. The number of hydrogen-bond acceptors (Lipinski definition) is 0. The van der Waals surface area contributed by atoms with Crippen molar-refractivity contribution in [3.05, 3.63) is 0 Å². The fraction of sp³-hybridized carbons (Fsp3) is 1.00. The maximum Gasteiger partial charge on any atom is 0.673 e. The fourth-order valence-electron chi connectivity index (χ4n) is 3.50. The Bertz CT molecular complexity index is 229. The summed E-state index contributed by atoms with van der Waals surface area (Å²) in [5.41, 5.74) is 0. The van der Waals surface area contributed by atoms with Crippen molar-refractivity contribution in [2.24, 2.45) is 11.8 Å². The van der Waals surface area contributed by atoms with E-state index in [1.165, 1.54) is 25.4 Å². The minimum Gasteiger partial charge on any atom is -0.418 e. The van der Waals surface area contributed by atoms with Gasteiger partial charge in [0.2, 0.25) is 0 Å². The van der Waals surface area contributed by atoms with Crippen LogP contribution >= 0.6 is 19.5 Å². The Kier molecular flexibility index (Phi) is 3.49. The molecule has 16 heavy (non-hydrogen) atoms. The van der Waals surface area contributed by atoms with Crippen molar-refractivity contribution in [2.75, 3.05) is 18.5 Å². The molecule has 0 amide bonds. The van der Waals surface area contributed by atoms with Crippen LogP contribution in [0.25, 0.3) is 0 Å². The second-order valence-corrected chi connectivity index (χ2v) is 8.41. The zero-order chi connectivity index (χ0) is 12.0. The van der Waals surface area contributed by atoms with Crippen molar-refractivity contribution >= 4 is 26.8 Å². The average molecular weight is 275 g/mol. The van der Waals surface area contributed by atoms with Crippen LogP contribution in [0.2, 0.25) is 0 Å². The van der Waals surface area contributed by atoms with Crippen molar-refractivity contribution in [1.82, 2.24) is 0 Å². The molecule has 3 saturated heterocycles. The highest BCUT2D eigenvalue weighted by molar-refractivity contribution is 7.58. The van der Waals surface area contributed by atoms with Crippen molar-refractivity contribution in [3.8, 4) is 0 Å². The van der Waals surface area contributed by atoms with Gasteiger partial charge in [0.05, 0.1) is 0 Å². The van der Waals surface area contributed by atoms with Crippen molar-refractivity contribution in [3.63, 3.8) is 0 Å². The molecule has 7 heteroatoms. The van der Waals surface area contributed by atoms with Crippen molar-refractivity contribution in [2.45, 2.75) is 24.1 Å². The molecule has 3 heterocycles. The van der Waals surface area contributed by atoms with Crippen LogP contribution in [0.1, 0.15) is 19.3 Å². The molecule has 0 aromatic rings. The number of halogens is 5. The lowest BCUT2D eigenvalue weighted by atomic mass is 9.75. The van der Waals surface area contributed by atoms with Gasteiger partial charge in [-0.1, -0.05) is 0 Å². The topological polar surface area (TPSA) is 0 Å². The predicted molar refractivity (Wildman–Crippen MR) is 61.1 cm³/mol. The molecule has 1 aliphatic carbocycles. The van der Waals surface area contributed by atoms with E-state index >= 15 is 0 Å². The monoisotopic (exact) mass is 275 g/mol. The molecule has 1 saturated carbocycles. The van der Waals surface area contributed by atoms with E-state index in [1.54, 1.807) is 12.3 Å². The summed E-state index contributed by atoms with van der Waals surface area (Å²) in [6.45, 7) is 0. The Hall–Kier alpha value is 0.505. The van der Waals surface area contributed by atoms with Crippen LogP contribution in [0.3, 0.4) is 0 Å². The third-order valence-corrected chi connectivity index (χ3v) is 7.26. The Morgan fingerprint density at radius 1 is 1.06 bits per heavy atom. The Balaban J connectivity index is 0.000000168. The van der Waals surface area contributed by atoms with Crippen LogP contribution in [0.15, 0.2) is 0 Å². The lowest BCUT2D eigenvalue weighted by molar-refractivity contribution is 0.231. The van der Waals surface area contributed by atoms with E-state index in [1.807, 2.05) is 0 Å². The molecule has 4 rings (SSSR count). The summed E-state index contributed by atoms with van der Waals surface area (Å²) in [4.78, 5) is 0.301. The van der Waals surface area contributed by atoms with Gasteiger partial charge in [0.1, 0.15) is 0 Å². The smallest absolute Gasteiger partial charge is 0.418 e. The van der Waals surface area contributed by atoms with E-state index in [2.05, 4.69) is 0 Å². The minimum absolute atomic E-state index is 0.301. The van der Waals surface area contributed by atoms with Gasteiger partial charge in [-0.15, -0.1) is 19.5 Å². The standard InChI is InChI=1S/C9H14ClP.BF4/c10-9-2-7-1-8(3-9)5-11(4-7)6-9;2-1(3,4)5/h7-8H,1-6H2;/q;-1. The van der Waals surface area contributed by atoms with E-state index in [9.17, 15) is 17.3 Å². The van der Waals surface area contributed by atoms with E-state index in [0.29, 0.717) is 12.8 Å². The van der Waals surface area contributed by atoms with Crippen molar-refractivity contribution in [1.29, 1.82) is 0 Å². The Morgan fingerprint density at radius 2 is 1.50 bits per heavy atom. The summed E-state index contributed by atoms with van der Waals surface area (Å²) < 4.78 is 39.0. The maximum absolute atomic E-state index is 9.75. The van der Waals surface area contributed by atoms with Crippen LogP contribution in [0.4, 0.5) is 17.3 Å². The number of hydrogen-bond donors (Lipinski definition) is 0. The molecule has 0 radical (unpaired) electrons. The number of rotatable bonds is 0. The van der Waals surface area contributed by atoms with E-state index in [4.69, 9.17) is 11.6 Å². The van der Waals surface area contributed by atoms with Crippen molar-refractivity contribution < 1.29 is 17.3 Å². The summed E-state index contributed by atoms with van der Waals surface area (Å²) in [7, 11) is -5.59. The molecule has 4 bridgehead atoms. The van der Waals surface area contributed by atoms with Gasteiger partial charge < -0.3 is 17.3 Å². The summed E-state index contributed by atoms with van der Waals surface area (Å²) >= 11 is 6.55. The molecule has 0 aromatic heterocycles. The van der Waals surface area contributed by atoms with Gasteiger partial charge >= 0.3 is 7.25 Å². The highest BCUT2D eigenvalue weighted by Gasteiger charge is 2.49. The molecule has 2 unspecified atom stereocenters. The van der Waals surface area contributed by atoms with Gasteiger partial charge in [0.15, 0.2) is 0 Å². The predicted octanol–water partition coefficient (Wildman–Crippen LogP) is 4.19. The van der Waals surface area contributed by atoms with E-state index < -0.39 is 7.25 Å². The molecule has 3 aliphatic heterocycles. The minimum atomic E-state index is -6.00. The van der Waals surface area contributed by atoms with Gasteiger partial charge in [-0.2, -0.15) is 0 Å². The first kappa shape index (κ1) is 12.9. The van der Waals surface area contributed by atoms with Crippen LogP contribution in [-0.2, 0) is 0 Å². The van der Waals surface area contributed by atoms with Crippen LogP contribution < -0.4 is 0 Å². The molecular formula is C9H14BClF4P-. The maximum atomic E-state index is 9.75. The second-order valence-electron chi connectivity index (χ2n) is 5.22. The van der Waals surface area contributed by atoms with Gasteiger partial charge in [0, 0.05) is 4.87 Å². The zero-order valence-corrected chi connectivity index (χ0v) is 10.5. The molecule has 4 fully saturated rings. The van der Waals surface area contributed by atoms with Crippen LogP contribution in [0.5, 0.6) is 0 Å². The molecule has 0 nitrogen and oxygen atoms in total. The lowest BCUT2D eigenvalue weighted by Gasteiger charge is -2.54. The molecule has 0 aromatic carbocycles. The van der Waals surface area contributed by atoms with Gasteiger partial charge in [-0.3, -0.25) is 0 Å². The van der Waals surface area contributed by atoms with Crippen LogP contribution in [0, 0.1) is 11.8 Å². The van der Waals surface area contributed by atoms with E-state index in [-0.39, 0.29) is 0 Å². The third-order valence-electron chi connectivity index (χ3n) is 3.52. The SMILES string of the molecule is ClC12CC3CC(CP(C3)C1)C2.F[B-](F)(F)F. The quantitative estimate of drug-likeness (QED) is 0.269. The summed E-state index contributed by atoms with van der Waals surface area (Å²) in [5.74, 6) is 2.08. The van der Waals surface area contributed by atoms with E-state index in [0.717, 1.165) is 11.8 Å². The lowest BCUT2D eigenvalue weighted by Crippen LogP contribution is -2.47. The molecule has 0 N–H and O–H groups in total. The molecule has 94 valence electrons. The number of alkyl halides is 1. The molecular weight excluding hydrogens is 261 g/mol.